The summed E-state index contributed by atoms with van der Waals surface area (Å²) >= 11 is 0. The summed E-state index contributed by atoms with van der Waals surface area (Å²) in [5.41, 5.74) is 1.61. The molecule has 1 heterocycles. The lowest BCUT2D eigenvalue weighted by Gasteiger charge is -2.10. The Labute approximate surface area is 123 Å². The fourth-order valence-electron chi connectivity index (χ4n) is 1.82. The summed E-state index contributed by atoms with van der Waals surface area (Å²) < 4.78 is 31.8. The maximum Gasteiger partial charge on any atom is 0.241 e. The van der Waals surface area contributed by atoms with Crippen LogP contribution >= 0.6 is 0 Å². The molecule has 0 spiro atoms. The lowest BCUT2D eigenvalue weighted by molar-refractivity contribution is 0.409. The highest BCUT2D eigenvalue weighted by Gasteiger charge is 2.18. The van der Waals surface area contributed by atoms with E-state index < -0.39 is 10.0 Å². The molecule has 0 saturated heterocycles. The van der Waals surface area contributed by atoms with Crippen molar-refractivity contribution >= 4 is 10.0 Å². The first-order chi connectivity index (χ1) is 10.0. The molecule has 0 atom stereocenters. The zero-order valence-corrected chi connectivity index (χ0v) is 12.8. The highest BCUT2D eigenvalue weighted by molar-refractivity contribution is 7.89. The van der Waals surface area contributed by atoms with Crippen molar-refractivity contribution in [2.24, 2.45) is 0 Å². The molecule has 7 nitrogen and oxygen atoms in total. The Kier molecular flexibility index (Phi) is 5.05. The Hall–Kier alpha value is -1.77. The van der Waals surface area contributed by atoms with Gasteiger partial charge in [0.25, 0.3) is 0 Å². The molecule has 21 heavy (non-hydrogen) atoms. The number of aromatic nitrogens is 2. The molecule has 0 radical (unpaired) electrons. The first-order valence-corrected chi connectivity index (χ1v) is 8.06. The monoisotopic (exact) mass is 310 g/mol. The van der Waals surface area contributed by atoms with Gasteiger partial charge in [-0.05, 0) is 30.7 Å². The van der Waals surface area contributed by atoms with E-state index >= 15 is 0 Å². The Bertz CT molecular complexity index is 683. The standard InChI is InChI=1S/C13H18N4O3S/c1-3-14-7-11-5-4-10(2)12(6-11)21(18,19)16-8-13-15-9-20-17-13/h4-6,9,14,16H,3,7-8H2,1-2H3. The van der Waals surface area contributed by atoms with Crippen LogP contribution in [0.4, 0.5) is 0 Å². The summed E-state index contributed by atoms with van der Waals surface area (Å²) in [6, 6.07) is 5.39. The van der Waals surface area contributed by atoms with Crippen LogP contribution in [0, 0.1) is 6.92 Å². The van der Waals surface area contributed by atoms with Gasteiger partial charge in [-0.2, -0.15) is 4.98 Å². The van der Waals surface area contributed by atoms with Crippen molar-refractivity contribution in [2.45, 2.75) is 31.8 Å². The van der Waals surface area contributed by atoms with Crippen LogP contribution in [0.5, 0.6) is 0 Å². The highest BCUT2D eigenvalue weighted by atomic mass is 32.2. The Morgan fingerprint density at radius 3 is 2.76 bits per heavy atom. The third-order valence-electron chi connectivity index (χ3n) is 2.95. The molecule has 0 fully saturated rings. The Morgan fingerprint density at radius 1 is 1.29 bits per heavy atom. The van der Waals surface area contributed by atoms with E-state index in [1.54, 1.807) is 19.1 Å². The van der Waals surface area contributed by atoms with Gasteiger partial charge in [0, 0.05) is 6.54 Å². The topological polar surface area (TPSA) is 97.1 Å². The largest absolute Gasteiger partial charge is 0.343 e. The summed E-state index contributed by atoms with van der Waals surface area (Å²) in [6.07, 6.45) is 1.16. The molecular formula is C13H18N4O3S. The number of aryl methyl sites for hydroxylation is 1. The lowest BCUT2D eigenvalue weighted by Crippen LogP contribution is -2.25. The minimum atomic E-state index is -3.61. The van der Waals surface area contributed by atoms with Crippen molar-refractivity contribution in [3.63, 3.8) is 0 Å². The summed E-state index contributed by atoms with van der Waals surface area (Å²) in [7, 11) is -3.61. The third-order valence-corrected chi connectivity index (χ3v) is 4.49. The van der Waals surface area contributed by atoms with E-state index in [0.717, 1.165) is 18.5 Å². The van der Waals surface area contributed by atoms with E-state index in [0.29, 0.717) is 17.9 Å². The third kappa shape index (κ3) is 4.10. The number of hydrogen-bond donors (Lipinski definition) is 2. The summed E-state index contributed by atoms with van der Waals surface area (Å²) in [6.45, 7) is 5.21. The smallest absolute Gasteiger partial charge is 0.241 e. The second-order valence-corrected chi connectivity index (χ2v) is 6.29. The van der Waals surface area contributed by atoms with E-state index in [-0.39, 0.29) is 11.4 Å². The number of nitrogens with one attached hydrogen (secondary N) is 2. The Balaban J connectivity index is 2.17. The van der Waals surface area contributed by atoms with Gasteiger partial charge in [0.15, 0.2) is 5.82 Å². The van der Waals surface area contributed by atoms with Crippen molar-refractivity contribution < 1.29 is 12.9 Å². The normalized spacial score (nSPS) is 11.7. The lowest BCUT2D eigenvalue weighted by atomic mass is 10.1. The van der Waals surface area contributed by atoms with Gasteiger partial charge in [-0.25, -0.2) is 13.1 Å². The van der Waals surface area contributed by atoms with Crippen molar-refractivity contribution in [1.29, 1.82) is 0 Å². The molecule has 0 saturated carbocycles. The van der Waals surface area contributed by atoms with Gasteiger partial charge in [0.1, 0.15) is 0 Å². The highest BCUT2D eigenvalue weighted by Crippen LogP contribution is 2.17. The van der Waals surface area contributed by atoms with Crippen molar-refractivity contribution in [2.75, 3.05) is 6.54 Å². The fraction of sp³-hybridized carbons (Fsp3) is 0.385. The molecule has 0 unspecified atom stereocenters. The summed E-state index contributed by atoms with van der Waals surface area (Å²) in [5.74, 6) is 0.292. The van der Waals surface area contributed by atoms with Crippen LogP contribution in [0.2, 0.25) is 0 Å². The average molecular weight is 310 g/mol. The zero-order chi connectivity index (χ0) is 15.3. The van der Waals surface area contributed by atoms with E-state index in [1.807, 2.05) is 13.0 Å². The van der Waals surface area contributed by atoms with Gasteiger partial charge in [-0.15, -0.1) is 0 Å². The quantitative estimate of drug-likeness (QED) is 0.791. The van der Waals surface area contributed by atoms with Crippen LogP contribution in [0.15, 0.2) is 34.0 Å². The minimum absolute atomic E-state index is 0.00426. The second-order valence-electron chi connectivity index (χ2n) is 4.55. The molecule has 0 bridgehead atoms. The van der Waals surface area contributed by atoms with Crippen molar-refractivity contribution in [3.05, 3.63) is 41.5 Å². The predicted molar refractivity (Wildman–Crippen MR) is 76.9 cm³/mol. The number of sulfonamides is 1. The molecule has 2 N–H and O–H groups in total. The number of nitrogens with zero attached hydrogens (tertiary/aromatic N) is 2. The first-order valence-electron chi connectivity index (χ1n) is 6.58. The van der Waals surface area contributed by atoms with Gasteiger partial charge in [-0.3, -0.25) is 0 Å². The molecule has 0 aliphatic rings. The molecule has 0 amide bonds. The van der Waals surface area contributed by atoms with Crippen LogP contribution in [-0.4, -0.2) is 25.1 Å². The zero-order valence-electron chi connectivity index (χ0n) is 12.0. The van der Waals surface area contributed by atoms with Gasteiger partial charge in [0.05, 0.1) is 11.4 Å². The molecule has 0 aliphatic heterocycles. The summed E-state index contributed by atoms with van der Waals surface area (Å²) in [5, 5.41) is 6.74. The van der Waals surface area contributed by atoms with Gasteiger partial charge in [0.2, 0.25) is 16.4 Å². The van der Waals surface area contributed by atoms with E-state index in [4.69, 9.17) is 0 Å². The molecule has 8 heteroatoms. The van der Waals surface area contributed by atoms with Gasteiger partial charge >= 0.3 is 0 Å². The second kappa shape index (κ2) is 6.79. The van der Waals surface area contributed by atoms with Gasteiger partial charge < -0.3 is 9.84 Å². The van der Waals surface area contributed by atoms with E-state index in [1.165, 1.54) is 0 Å². The average Bonchev–Trinajstić information content (AvgIpc) is 2.97. The molecule has 1 aromatic heterocycles. The molecule has 114 valence electrons. The van der Waals surface area contributed by atoms with Crippen LogP contribution in [0.25, 0.3) is 0 Å². The maximum absolute atomic E-state index is 12.4. The summed E-state index contributed by atoms with van der Waals surface area (Å²) in [4.78, 5) is 4.04. The number of rotatable bonds is 7. The fourth-order valence-corrected chi connectivity index (χ4v) is 3.09. The van der Waals surface area contributed by atoms with E-state index in [9.17, 15) is 8.42 Å². The minimum Gasteiger partial charge on any atom is -0.343 e. The van der Waals surface area contributed by atoms with Crippen LogP contribution in [-0.2, 0) is 23.1 Å². The first kappa shape index (κ1) is 15.6. The molecule has 2 aromatic rings. The SMILES string of the molecule is CCNCc1ccc(C)c(S(=O)(=O)NCc2ncon2)c1. The Morgan fingerprint density at radius 2 is 2.10 bits per heavy atom. The number of benzene rings is 1. The molecular weight excluding hydrogens is 292 g/mol. The van der Waals surface area contributed by atoms with Crippen molar-refractivity contribution in [1.82, 2.24) is 20.2 Å². The van der Waals surface area contributed by atoms with Crippen molar-refractivity contribution in [3.8, 4) is 0 Å². The number of hydrogen-bond acceptors (Lipinski definition) is 6. The van der Waals surface area contributed by atoms with E-state index in [2.05, 4.69) is 24.7 Å². The van der Waals surface area contributed by atoms with Crippen LogP contribution in [0.3, 0.4) is 0 Å². The molecule has 2 rings (SSSR count). The van der Waals surface area contributed by atoms with Crippen LogP contribution in [0.1, 0.15) is 23.9 Å². The van der Waals surface area contributed by atoms with Gasteiger partial charge in [-0.1, -0.05) is 24.2 Å². The maximum atomic E-state index is 12.4. The van der Waals surface area contributed by atoms with Crippen LogP contribution < -0.4 is 10.0 Å². The molecule has 0 aliphatic carbocycles. The molecule has 1 aromatic carbocycles. The predicted octanol–water partition coefficient (Wildman–Crippen LogP) is 0.966.